The lowest BCUT2D eigenvalue weighted by molar-refractivity contribution is 0.207. The minimum atomic E-state index is 0.248. The highest BCUT2D eigenvalue weighted by Crippen LogP contribution is 2.41. The normalized spacial score (nSPS) is 19.0. The zero-order valence-electron chi connectivity index (χ0n) is 10.8. The topological polar surface area (TPSA) is 32.3 Å². The number of hydrogen-bond donors (Lipinski definition) is 2. The van der Waals surface area contributed by atoms with E-state index < -0.39 is 0 Å². The van der Waals surface area contributed by atoms with Crippen molar-refractivity contribution in [2.75, 3.05) is 6.61 Å². The van der Waals surface area contributed by atoms with E-state index in [9.17, 15) is 0 Å². The zero-order valence-corrected chi connectivity index (χ0v) is 10.8. The molecule has 0 aromatic heterocycles. The zero-order chi connectivity index (χ0) is 12.3. The van der Waals surface area contributed by atoms with Gasteiger partial charge in [0.1, 0.15) is 0 Å². The van der Waals surface area contributed by atoms with Crippen molar-refractivity contribution in [3.8, 4) is 0 Å². The summed E-state index contributed by atoms with van der Waals surface area (Å²) in [6.45, 7) is 5.38. The van der Waals surface area contributed by atoms with Crippen LogP contribution in [0.5, 0.6) is 0 Å². The van der Waals surface area contributed by atoms with Crippen molar-refractivity contribution >= 4 is 0 Å². The molecule has 1 fully saturated rings. The maximum atomic E-state index is 9.12. The molecular weight excluding hydrogens is 210 g/mol. The number of aliphatic hydroxyl groups excluding tert-OH is 1. The first-order valence-electron chi connectivity index (χ1n) is 6.64. The highest BCUT2D eigenvalue weighted by Gasteiger charge is 2.25. The molecule has 2 heteroatoms. The lowest BCUT2D eigenvalue weighted by Crippen LogP contribution is -2.33. The molecule has 2 unspecified atom stereocenters. The highest BCUT2D eigenvalue weighted by molar-refractivity contribution is 5.33. The van der Waals surface area contributed by atoms with Gasteiger partial charge in [0.05, 0.1) is 0 Å². The second-order valence-electron chi connectivity index (χ2n) is 5.30. The standard InChI is InChI=1S/C15H23NO/c1-11(10-17)12(2)16-9-14-5-3-4-6-15(14)13-7-8-13/h3-6,11-13,16-17H,7-10H2,1-2H3. The third-order valence-corrected chi connectivity index (χ3v) is 3.83. The van der Waals surface area contributed by atoms with Gasteiger partial charge in [-0.15, -0.1) is 0 Å². The van der Waals surface area contributed by atoms with Crippen LogP contribution in [-0.2, 0) is 6.54 Å². The van der Waals surface area contributed by atoms with Crippen molar-refractivity contribution in [1.82, 2.24) is 5.32 Å². The molecule has 1 aromatic rings. The summed E-state index contributed by atoms with van der Waals surface area (Å²) in [5.41, 5.74) is 2.94. The monoisotopic (exact) mass is 233 g/mol. The third-order valence-electron chi connectivity index (χ3n) is 3.83. The van der Waals surface area contributed by atoms with Gasteiger partial charge in [-0.1, -0.05) is 31.2 Å². The fraction of sp³-hybridized carbons (Fsp3) is 0.600. The Hall–Kier alpha value is -0.860. The summed E-state index contributed by atoms with van der Waals surface area (Å²) in [6.07, 6.45) is 2.69. The fourth-order valence-corrected chi connectivity index (χ4v) is 2.12. The van der Waals surface area contributed by atoms with E-state index in [2.05, 4.69) is 43.4 Å². The molecule has 0 amide bonds. The number of hydrogen-bond acceptors (Lipinski definition) is 2. The van der Waals surface area contributed by atoms with Crippen LogP contribution in [0.1, 0.15) is 43.7 Å². The average molecular weight is 233 g/mol. The van der Waals surface area contributed by atoms with Crippen molar-refractivity contribution < 1.29 is 5.11 Å². The molecule has 2 atom stereocenters. The molecule has 1 aromatic carbocycles. The maximum absolute atomic E-state index is 9.12. The van der Waals surface area contributed by atoms with Gasteiger partial charge in [-0.25, -0.2) is 0 Å². The molecular formula is C15H23NO. The summed E-state index contributed by atoms with van der Waals surface area (Å²) in [4.78, 5) is 0. The van der Waals surface area contributed by atoms with Crippen molar-refractivity contribution in [2.24, 2.45) is 5.92 Å². The second-order valence-corrected chi connectivity index (χ2v) is 5.30. The van der Waals surface area contributed by atoms with Crippen LogP contribution in [0.25, 0.3) is 0 Å². The molecule has 1 aliphatic rings. The van der Waals surface area contributed by atoms with E-state index in [1.165, 1.54) is 24.0 Å². The molecule has 1 saturated carbocycles. The van der Waals surface area contributed by atoms with Crippen LogP contribution in [0.3, 0.4) is 0 Å². The quantitative estimate of drug-likeness (QED) is 0.791. The Bertz CT molecular complexity index is 360. The van der Waals surface area contributed by atoms with Crippen LogP contribution in [0, 0.1) is 5.92 Å². The minimum Gasteiger partial charge on any atom is -0.396 e. The Labute approximate surface area is 104 Å². The van der Waals surface area contributed by atoms with Crippen LogP contribution in [0.4, 0.5) is 0 Å². The Morgan fingerprint density at radius 2 is 2.00 bits per heavy atom. The SMILES string of the molecule is CC(CO)C(C)NCc1ccccc1C1CC1. The van der Waals surface area contributed by atoms with Crippen molar-refractivity contribution in [1.29, 1.82) is 0 Å². The summed E-state index contributed by atoms with van der Waals surface area (Å²) < 4.78 is 0. The molecule has 17 heavy (non-hydrogen) atoms. The van der Waals surface area contributed by atoms with Crippen LogP contribution >= 0.6 is 0 Å². The van der Waals surface area contributed by atoms with Crippen LogP contribution < -0.4 is 5.32 Å². The van der Waals surface area contributed by atoms with E-state index in [0.717, 1.165) is 12.5 Å². The molecule has 1 aliphatic carbocycles. The van der Waals surface area contributed by atoms with E-state index in [1.54, 1.807) is 0 Å². The minimum absolute atomic E-state index is 0.248. The number of aliphatic hydroxyl groups is 1. The van der Waals surface area contributed by atoms with Crippen molar-refractivity contribution in [3.63, 3.8) is 0 Å². The fourth-order valence-electron chi connectivity index (χ4n) is 2.12. The molecule has 0 heterocycles. The van der Waals surface area contributed by atoms with Gasteiger partial charge in [0, 0.05) is 19.2 Å². The molecule has 0 radical (unpaired) electrons. The summed E-state index contributed by atoms with van der Waals surface area (Å²) in [5, 5.41) is 12.6. The number of rotatable bonds is 6. The molecule has 2 nitrogen and oxygen atoms in total. The van der Waals surface area contributed by atoms with Crippen molar-refractivity contribution in [3.05, 3.63) is 35.4 Å². The van der Waals surface area contributed by atoms with E-state index in [4.69, 9.17) is 5.11 Å². The van der Waals surface area contributed by atoms with Crippen molar-refractivity contribution in [2.45, 2.75) is 45.2 Å². The van der Waals surface area contributed by atoms with Gasteiger partial charge in [0.15, 0.2) is 0 Å². The van der Waals surface area contributed by atoms with Crippen LogP contribution in [-0.4, -0.2) is 17.8 Å². The van der Waals surface area contributed by atoms with Gasteiger partial charge in [-0.3, -0.25) is 0 Å². The number of benzene rings is 1. The van der Waals surface area contributed by atoms with Crippen LogP contribution in [0.2, 0.25) is 0 Å². The summed E-state index contributed by atoms with van der Waals surface area (Å²) >= 11 is 0. The highest BCUT2D eigenvalue weighted by atomic mass is 16.3. The van der Waals surface area contributed by atoms with Gasteiger partial charge >= 0.3 is 0 Å². The lowest BCUT2D eigenvalue weighted by Gasteiger charge is -2.20. The van der Waals surface area contributed by atoms with Gasteiger partial charge in [0.25, 0.3) is 0 Å². The Morgan fingerprint density at radius 1 is 1.29 bits per heavy atom. The predicted molar refractivity (Wildman–Crippen MR) is 71.0 cm³/mol. The summed E-state index contributed by atoms with van der Waals surface area (Å²) in [6, 6.07) is 9.08. The van der Waals surface area contributed by atoms with Gasteiger partial charge < -0.3 is 10.4 Å². The Kier molecular flexibility index (Phi) is 4.19. The molecule has 0 aliphatic heterocycles. The molecule has 94 valence electrons. The molecule has 0 spiro atoms. The van der Waals surface area contributed by atoms with Gasteiger partial charge in [-0.2, -0.15) is 0 Å². The van der Waals surface area contributed by atoms with Gasteiger partial charge in [0.2, 0.25) is 0 Å². The Balaban J connectivity index is 1.94. The van der Waals surface area contributed by atoms with E-state index >= 15 is 0 Å². The molecule has 2 rings (SSSR count). The molecule has 0 bridgehead atoms. The van der Waals surface area contributed by atoms with E-state index in [1.807, 2.05) is 0 Å². The lowest BCUT2D eigenvalue weighted by atomic mass is 10.0. The summed E-state index contributed by atoms with van der Waals surface area (Å²) in [7, 11) is 0. The number of nitrogens with one attached hydrogen (secondary N) is 1. The average Bonchev–Trinajstić information content (AvgIpc) is 3.19. The second kappa shape index (κ2) is 5.65. The maximum Gasteiger partial charge on any atom is 0.0471 e. The largest absolute Gasteiger partial charge is 0.396 e. The predicted octanol–water partition coefficient (Wildman–Crippen LogP) is 2.67. The first-order valence-corrected chi connectivity index (χ1v) is 6.64. The van der Waals surface area contributed by atoms with E-state index in [0.29, 0.717) is 12.0 Å². The molecule has 2 N–H and O–H groups in total. The summed E-state index contributed by atoms with van der Waals surface area (Å²) in [5.74, 6) is 1.11. The Morgan fingerprint density at radius 3 is 2.65 bits per heavy atom. The van der Waals surface area contributed by atoms with Gasteiger partial charge in [-0.05, 0) is 42.7 Å². The first-order chi connectivity index (χ1) is 8.22. The third kappa shape index (κ3) is 3.30. The molecule has 0 saturated heterocycles. The smallest absolute Gasteiger partial charge is 0.0471 e. The van der Waals surface area contributed by atoms with E-state index in [-0.39, 0.29) is 6.61 Å². The van der Waals surface area contributed by atoms with Crippen LogP contribution in [0.15, 0.2) is 24.3 Å². The first kappa shape index (κ1) is 12.6.